The highest BCUT2D eigenvalue weighted by Crippen LogP contribution is 2.33. The first-order valence-electron chi connectivity index (χ1n) is 9.56. The van der Waals surface area contributed by atoms with Crippen LogP contribution in [0.3, 0.4) is 0 Å². The third-order valence-electron chi connectivity index (χ3n) is 5.28. The maximum atomic E-state index is 14.9. The van der Waals surface area contributed by atoms with Crippen LogP contribution in [0.25, 0.3) is 11.1 Å². The van der Waals surface area contributed by atoms with E-state index in [1.165, 1.54) is 16.0 Å². The monoisotopic (exact) mass is 413 g/mol. The fourth-order valence-corrected chi connectivity index (χ4v) is 3.77. The van der Waals surface area contributed by atoms with Gasteiger partial charge < -0.3 is 25.5 Å². The Morgan fingerprint density at radius 2 is 2.07 bits per heavy atom. The van der Waals surface area contributed by atoms with Crippen LogP contribution in [0.15, 0.2) is 48.4 Å². The minimum Gasteiger partial charge on any atom is -0.441 e. The highest BCUT2D eigenvalue weighted by Gasteiger charge is 2.32. The highest BCUT2D eigenvalue weighted by atomic mass is 19.1. The summed E-state index contributed by atoms with van der Waals surface area (Å²) in [6.45, 7) is 1.20. The van der Waals surface area contributed by atoms with Crippen molar-refractivity contribution in [3.8, 4) is 11.1 Å². The molecule has 30 heavy (non-hydrogen) atoms. The predicted molar refractivity (Wildman–Crippen MR) is 110 cm³/mol. The van der Waals surface area contributed by atoms with Crippen molar-refractivity contribution in [3.63, 3.8) is 0 Å². The number of benzene rings is 2. The van der Waals surface area contributed by atoms with Gasteiger partial charge in [0, 0.05) is 25.7 Å². The lowest BCUT2D eigenvalue weighted by Gasteiger charge is -2.19. The van der Waals surface area contributed by atoms with Gasteiger partial charge in [-0.2, -0.15) is 0 Å². The number of aliphatic hydroxyl groups excluding tert-OH is 1. The zero-order valence-corrected chi connectivity index (χ0v) is 16.6. The summed E-state index contributed by atoms with van der Waals surface area (Å²) < 4.78 is 19.9. The summed E-state index contributed by atoms with van der Waals surface area (Å²) in [4.78, 5) is 15.2. The SMILES string of the molecule is CN(N)/C=C(\N)N1Cc2ccc(-c3ccc(N4C[C@H](CO)OC4=O)cc3F)cc2C1. The number of carbonyl (C=O) groups excluding carboxylic acids is 1. The third kappa shape index (κ3) is 3.77. The van der Waals surface area contributed by atoms with Crippen molar-refractivity contribution >= 4 is 11.8 Å². The Hall–Kier alpha value is -3.30. The number of nitrogens with zero attached hydrogens (tertiary/aromatic N) is 3. The maximum Gasteiger partial charge on any atom is 0.414 e. The number of aliphatic hydroxyl groups is 1. The van der Waals surface area contributed by atoms with Crippen LogP contribution < -0.4 is 16.5 Å². The zero-order valence-electron chi connectivity index (χ0n) is 16.6. The molecule has 0 bridgehead atoms. The van der Waals surface area contributed by atoms with Crippen LogP contribution in [0.5, 0.6) is 0 Å². The molecule has 2 aromatic rings. The van der Waals surface area contributed by atoms with Gasteiger partial charge in [-0.3, -0.25) is 4.90 Å². The summed E-state index contributed by atoms with van der Waals surface area (Å²) in [5, 5.41) is 10.6. The van der Waals surface area contributed by atoms with Crippen molar-refractivity contribution in [2.45, 2.75) is 19.2 Å². The van der Waals surface area contributed by atoms with E-state index in [1.54, 1.807) is 25.4 Å². The number of halogens is 1. The maximum absolute atomic E-state index is 14.9. The van der Waals surface area contributed by atoms with Gasteiger partial charge in [0.25, 0.3) is 0 Å². The molecular weight excluding hydrogens is 389 g/mol. The van der Waals surface area contributed by atoms with E-state index < -0.39 is 18.0 Å². The number of hydrazine groups is 1. The second-order valence-electron chi connectivity index (χ2n) is 7.52. The lowest BCUT2D eigenvalue weighted by atomic mass is 10.00. The number of nitrogens with two attached hydrogens (primary N) is 2. The van der Waals surface area contributed by atoms with Crippen LogP contribution in [0.2, 0.25) is 0 Å². The molecule has 8 nitrogen and oxygen atoms in total. The summed E-state index contributed by atoms with van der Waals surface area (Å²) in [5.74, 6) is 5.75. The number of anilines is 1. The molecule has 0 unspecified atom stereocenters. The molecule has 1 amide bonds. The van der Waals surface area contributed by atoms with Gasteiger partial charge in [0.2, 0.25) is 0 Å². The topological polar surface area (TPSA) is 108 Å². The van der Waals surface area contributed by atoms with Crippen LogP contribution in [-0.4, -0.2) is 47.4 Å². The average Bonchev–Trinajstić information content (AvgIpc) is 3.30. The van der Waals surface area contributed by atoms with Gasteiger partial charge in [-0.05, 0) is 41.0 Å². The fourth-order valence-electron chi connectivity index (χ4n) is 3.77. The van der Waals surface area contributed by atoms with Crippen molar-refractivity contribution in [3.05, 3.63) is 65.4 Å². The van der Waals surface area contributed by atoms with Crippen LogP contribution in [0, 0.1) is 5.82 Å². The average molecular weight is 413 g/mol. The Labute approximate surface area is 173 Å². The van der Waals surface area contributed by atoms with Crippen molar-refractivity contribution < 1.29 is 19.0 Å². The molecule has 2 aliphatic heterocycles. The van der Waals surface area contributed by atoms with Crippen molar-refractivity contribution in [2.75, 3.05) is 25.1 Å². The molecule has 4 rings (SSSR count). The molecule has 0 saturated carbocycles. The van der Waals surface area contributed by atoms with E-state index in [-0.39, 0.29) is 13.2 Å². The number of fused-ring (bicyclic) bond motifs is 1. The Bertz CT molecular complexity index is 1010. The van der Waals surface area contributed by atoms with Gasteiger partial charge >= 0.3 is 6.09 Å². The van der Waals surface area contributed by atoms with Crippen molar-refractivity contribution in [2.24, 2.45) is 11.6 Å². The summed E-state index contributed by atoms with van der Waals surface area (Å²) in [6.07, 6.45) is 0.462. The molecule has 9 heteroatoms. The first-order chi connectivity index (χ1) is 14.4. The van der Waals surface area contributed by atoms with E-state index in [1.807, 2.05) is 23.1 Å². The van der Waals surface area contributed by atoms with E-state index in [9.17, 15) is 9.18 Å². The first-order valence-corrected chi connectivity index (χ1v) is 9.56. The number of ether oxygens (including phenoxy) is 1. The molecule has 158 valence electrons. The number of amides is 1. The number of hydrogen-bond acceptors (Lipinski definition) is 7. The molecular formula is C21H24FN5O3. The van der Waals surface area contributed by atoms with E-state index in [2.05, 4.69) is 0 Å². The fraction of sp³-hybridized carbons (Fsp3) is 0.286. The Kier molecular flexibility index (Phi) is 5.23. The summed E-state index contributed by atoms with van der Waals surface area (Å²) >= 11 is 0. The van der Waals surface area contributed by atoms with Crippen molar-refractivity contribution in [1.29, 1.82) is 0 Å². The number of carbonyl (C=O) groups is 1. The molecule has 1 fully saturated rings. The molecule has 2 heterocycles. The number of hydrogen-bond donors (Lipinski definition) is 3. The van der Waals surface area contributed by atoms with Crippen molar-refractivity contribution in [1.82, 2.24) is 9.91 Å². The van der Waals surface area contributed by atoms with Crippen LogP contribution in [-0.2, 0) is 17.8 Å². The summed E-state index contributed by atoms with van der Waals surface area (Å²) in [7, 11) is 1.70. The molecule has 0 aromatic heterocycles. The van der Waals surface area contributed by atoms with E-state index >= 15 is 0 Å². The van der Waals surface area contributed by atoms with Gasteiger partial charge in [-0.25, -0.2) is 15.0 Å². The highest BCUT2D eigenvalue weighted by molar-refractivity contribution is 5.90. The molecule has 2 aliphatic rings. The molecule has 0 radical (unpaired) electrons. The summed E-state index contributed by atoms with van der Waals surface area (Å²) in [6, 6.07) is 10.4. The normalized spacial score (nSPS) is 18.6. The molecule has 0 spiro atoms. The van der Waals surface area contributed by atoms with E-state index in [0.29, 0.717) is 30.2 Å². The number of cyclic esters (lactones) is 1. The lowest BCUT2D eigenvalue weighted by Crippen LogP contribution is -2.28. The second-order valence-corrected chi connectivity index (χ2v) is 7.52. The third-order valence-corrected chi connectivity index (χ3v) is 5.28. The van der Waals surface area contributed by atoms with Gasteiger partial charge in [-0.15, -0.1) is 0 Å². The Morgan fingerprint density at radius 1 is 1.30 bits per heavy atom. The minimum absolute atomic E-state index is 0.190. The van der Waals surface area contributed by atoms with E-state index in [0.717, 1.165) is 16.7 Å². The van der Waals surface area contributed by atoms with Crippen LogP contribution in [0.4, 0.5) is 14.9 Å². The van der Waals surface area contributed by atoms with Crippen LogP contribution in [0.1, 0.15) is 11.1 Å². The first kappa shape index (κ1) is 20.0. The standard InChI is InChI=1S/C21H24FN5O3/c1-25(24)11-20(23)26-8-14-3-2-13(6-15(14)9-26)18-5-4-16(7-19(18)22)27-10-17(12-28)30-21(27)29/h2-7,11,17,28H,8-10,12,23-24H2,1H3/b20-11+/t17-/m1/s1. The quantitative estimate of drug-likeness (QED) is 0.506. The minimum atomic E-state index is -0.597. The second kappa shape index (κ2) is 7.85. The number of rotatable bonds is 5. The van der Waals surface area contributed by atoms with Gasteiger partial charge in [0.05, 0.1) is 25.0 Å². The smallest absolute Gasteiger partial charge is 0.414 e. The summed E-state index contributed by atoms with van der Waals surface area (Å²) in [5.41, 5.74) is 9.87. The largest absolute Gasteiger partial charge is 0.441 e. The predicted octanol–water partition coefficient (Wildman–Crippen LogP) is 1.69. The van der Waals surface area contributed by atoms with Gasteiger partial charge in [0.1, 0.15) is 17.7 Å². The Morgan fingerprint density at radius 3 is 2.73 bits per heavy atom. The van der Waals surface area contributed by atoms with Gasteiger partial charge in [-0.1, -0.05) is 12.1 Å². The Balaban J connectivity index is 1.56. The van der Waals surface area contributed by atoms with Crippen LogP contribution >= 0.6 is 0 Å². The molecule has 1 atom stereocenters. The molecule has 1 saturated heterocycles. The zero-order chi connectivity index (χ0) is 21.4. The lowest BCUT2D eigenvalue weighted by molar-refractivity contribution is 0.0963. The van der Waals surface area contributed by atoms with Gasteiger partial charge in [0.15, 0.2) is 0 Å². The molecule has 0 aliphatic carbocycles. The molecule has 5 N–H and O–H groups in total. The van der Waals surface area contributed by atoms with E-state index in [4.69, 9.17) is 21.4 Å². The molecule has 2 aromatic carbocycles.